The lowest BCUT2D eigenvalue weighted by molar-refractivity contribution is 0.517. The van der Waals surface area contributed by atoms with Crippen molar-refractivity contribution in [2.24, 2.45) is 5.41 Å². The van der Waals surface area contributed by atoms with Gasteiger partial charge in [0.15, 0.2) is 0 Å². The molecule has 2 aliphatic heterocycles. The van der Waals surface area contributed by atoms with Crippen LogP contribution in [0.5, 0.6) is 0 Å². The van der Waals surface area contributed by atoms with Crippen molar-refractivity contribution in [2.45, 2.75) is 92.0 Å². The van der Waals surface area contributed by atoms with Crippen LogP contribution in [0.2, 0.25) is 0 Å². The number of rotatable bonds is 5. The normalized spacial score (nSPS) is 20.5. The zero-order chi connectivity index (χ0) is 38.4. The highest BCUT2D eigenvalue weighted by Crippen LogP contribution is 2.53. The molecule has 2 bridgehead atoms. The number of hydrogen-bond donors (Lipinski definition) is 1. The molecule has 8 rings (SSSR count). The van der Waals surface area contributed by atoms with Crippen molar-refractivity contribution in [3.05, 3.63) is 168 Å². The minimum atomic E-state index is -0.133. The predicted octanol–water partition coefficient (Wildman–Crippen LogP) is 14.1. The summed E-state index contributed by atoms with van der Waals surface area (Å²) in [6, 6.07) is 28.5. The average molecular weight is 711 g/mol. The Morgan fingerprint density at radius 2 is 1.28 bits per heavy atom. The molecule has 0 amide bonds. The SMILES string of the molecule is C=CCNc1ccc2c(c1)C(C)(C)c1cc(-c3ccc4c(c3)C(C)(C)c3cc(N5C6=CC=CC5C/C=C/C=C(C(C)(C)C)\C=C/6)ccc3-4)ccc1-2.CCC. The van der Waals surface area contributed by atoms with Crippen molar-refractivity contribution in [1.82, 2.24) is 0 Å². The Morgan fingerprint density at radius 1 is 0.722 bits per heavy atom. The van der Waals surface area contributed by atoms with E-state index in [1.807, 2.05) is 6.08 Å². The molecule has 2 aliphatic carbocycles. The number of anilines is 2. The summed E-state index contributed by atoms with van der Waals surface area (Å²) in [7, 11) is 0. The van der Waals surface area contributed by atoms with E-state index in [9.17, 15) is 0 Å². The summed E-state index contributed by atoms with van der Waals surface area (Å²) in [5.74, 6) is 0. The maximum atomic E-state index is 3.87. The minimum Gasteiger partial charge on any atom is -0.382 e. The summed E-state index contributed by atoms with van der Waals surface area (Å²) in [5, 5.41) is 3.48. The van der Waals surface area contributed by atoms with Crippen molar-refractivity contribution in [1.29, 1.82) is 0 Å². The molecule has 1 unspecified atom stereocenters. The van der Waals surface area contributed by atoms with Gasteiger partial charge in [-0.05, 0) is 122 Å². The second kappa shape index (κ2) is 14.3. The Morgan fingerprint density at radius 3 is 1.87 bits per heavy atom. The molecule has 4 aliphatic rings. The van der Waals surface area contributed by atoms with Crippen LogP contribution in [0.1, 0.15) is 97.4 Å². The molecule has 2 heterocycles. The first-order valence-electron chi connectivity index (χ1n) is 20.0. The topological polar surface area (TPSA) is 15.3 Å². The molecule has 0 saturated heterocycles. The molecule has 0 aromatic heterocycles. The van der Waals surface area contributed by atoms with E-state index in [1.54, 1.807) is 0 Å². The van der Waals surface area contributed by atoms with Gasteiger partial charge in [0.2, 0.25) is 0 Å². The van der Waals surface area contributed by atoms with Gasteiger partial charge < -0.3 is 10.2 Å². The summed E-state index contributed by atoms with van der Waals surface area (Å²) in [6.45, 7) is 25.3. The highest BCUT2D eigenvalue weighted by atomic mass is 15.2. The first-order chi connectivity index (χ1) is 25.8. The van der Waals surface area contributed by atoms with E-state index in [2.05, 4.69) is 201 Å². The van der Waals surface area contributed by atoms with Crippen LogP contribution < -0.4 is 10.2 Å². The first-order valence-corrected chi connectivity index (χ1v) is 20.0. The van der Waals surface area contributed by atoms with Crippen LogP contribution in [0.25, 0.3) is 33.4 Å². The number of allylic oxidation sites excluding steroid dienone is 7. The van der Waals surface area contributed by atoms with Gasteiger partial charge in [0.05, 0.1) is 6.04 Å². The molecule has 0 fully saturated rings. The Labute approximate surface area is 325 Å². The molecule has 0 radical (unpaired) electrons. The Kier molecular flexibility index (Phi) is 9.86. The molecule has 0 spiro atoms. The van der Waals surface area contributed by atoms with Crippen molar-refractivity contribution >= 4 is 11.4 Å². The van der Waals surface area contributed by atoms with Crippen LogP contribution in [0.15, 0.2) is 145 Å². The van der Waals surface area contributed by atoms with Crippen LogP contribution >= 0.6 is 0 Å². The van der Waals surface area contributed by atoms with Crippen LogP contribution in [-0.4, -0.2) is 12.6 Å². The predicted molar refractivity (Wildman–Crippen MR) is 236 cm³/mol. The van der Waals surface area contributed by atoms with E-state index in [0.29, 0.717) is 0 Å². The van der Waals surface area contributed by atoms with Crippen LogP contribution in [0.3, 0.4) is 0 Å². The van der Waals surface area contributed by atoms with E-state index in [4.69, 9.17) is 0 Å². The molecule has 4 aromatic carbocycles. The van der Waals surface area contributed by atoms with Crippen molar-refractivity contribution in [2.75, 3.05) is 16.8 Å². The highest BCUT2D eigenvalue weighted by molar-refractivity contribution is 5.88. The second-order valence-corrected chi connectivity index (χ2v) is 17.4. The van der Waals surface area contributed by atoms with Gasteiger partial charge in [0.25, 0.3) is 0 Å². The molecule has 2 heteroatoms. The number of nitrogens with zero attached hydrogens (tertiary/aromatic N) is 1. The summed E-state index contributed by atoms with van der Waals surface area (Å²) in [6.07, 6.45) is 22.4. The van der Waals surface area contributed by atoms with Gasteiger partial charge in [-0.2, -0.15) is 0 Å². The van der Waals surface area contributed by atoms with Crippen molar-refractivity contribution < 1.29 is 0 Å². The fraction of sp³-hybridized carbons (Fsp3) is 0.308. The highest BCUT2D eigenvalue weighted by Gasteiger charge is 2.38. The van der Waals surface area contributed by atoms with Gasteiger partial charge in [-0.15, -0.1) is 6.58 Å². The average Bonchev–Trinajstić information content (AvgIpc) is 3.51. The van der Waals surface area contributed by atoms with Gasteiger partial charge in [0, 0.05) is 34.4 Å². The van der Waals surface area contributed by atoms with E-state index < -0.39 is 0 Å². The minimum absolute atomic E-state index is 0.0749. The molecule has 54 heavy (non-hydrogen) atoms. The van der Waals surface area contributed by atoms with E-state index in [0.717, 1.165) is 18.7 Å². The maximum absolute atomic E-state index is 3.87. The second-order valence-electron chi connectivity index (χ2n) is 17.4. The zero-order valence-corrected chi connectivity index (χ0v) is 34.0. The number of nitrogens with one attached hydrogen (secondary N) is 1. The molecular weight excluding hydrogens is 653 g/mol. The largest absolute Gasteiger partial charge is 0.382 e. The van der Waals surface area contributed by atoms with Gasteiger partial charge >= 0.3 is 0 Å². The maximum Gasteiger partial charge on any atom is 0.0559 e. The van der Waals surface area contributed by atoms with Gasteiger partial charge in [-0.3, -0.25) is 0 Å². The number of benzene rings is 4. The van der Waals surface area contributed by atoms with E-state index in [1.165, 1.54) is 79.0 Å². The lowest BCUT2D eigenvalue weighted by atomic mass is 9.80. The first kappa shape index (κ1) is 37.2. The third-order valence-electron chi connectivity index (χ3n) is 11.7. The third-order valence-corrected chi connectivity index (χ3v) is 11.7. The summed E-state index contributed by atoms with van der Waals surface area (Å²) >= 11 is 0. The molecule has 4 aromatic rings. The quantitative estimate of drug-likeness (QED) is 0.207. The molecular formula is C52H58N2. The van der Waals surface area contributed by atoms with Gasteiger partial charge in [-0.1, -0.05) is 148 Å². The van der Waals surface area contributed by atoms with Crippen LogP contribution in [-0.2, 0) is 10.8 Å². The fourth-order valence-electron chi connectivity index (χ4n) is 8.69. The van der Waals surface area contributed by atoms with Crippen molar-refractivity contribution in [3.63, 3.8) is 0 Å². The zero-order valence-electron chi connectivity index (χ0n) is 34.0. The summed E-state index contributed by atoms with van der Waals surface area (Å²) in [4.78, 5) is 2.53. The molecule has 2 nitrogen and oxygen atoms in total. The molecule has 1 N–H and O–H groups in total. The fourth-order valence-corrected chi connectivity index (χ4v) is 8.69. The summed E-state index contributed by atoms with van der Waals surface area (Å²) < 4.78 is 0. The Balaban J connectivity index is 0.00000145. The lowest BCUT2D eigenvalue weighted by Crippen LogP contribution is -2.34. The summed E-state index contributed by atoms with van der Waals surface area (Å²) in [5.41, 5.74) is 18.3. The standard InChI is InChI=1S/C49H50N2.C3H8/c1-9-27-50-35-20-25-41-39-23-17-32(28-43(39)48(5,6)45(41)30-35)33-18-24-40-42-26-22-38(31-46(42)49(7,8)44(40)29-33)51-36-14-11-10-13-34(47(2,3)4)19-21-37(51)16-12-15-36;1-3-2/h9-13,15-26,28-31,36,50H,1,14,27H2,2-8H3;3H2,1-2H3/b11-10+,21-19-,34-13+;. The van der Waals surface area contributed by atoms with E-state index >= 15 is 0 Å². The third kappa shape index (κ3) is 6.55. The van der Waals surface area contributed by atoms with Crippen molar-refractivity contribution in [3.8, 4) is 33.4 Å². The van der Waals surface area contributed by atoms with E-state index in [-0.39, 0.29) is 22.3 Å². The Bertz CT molecular complexity index is 2260. The molecule has 276 valence electrons. The molecule has 1 atom stereocenters. The molecule has 0 saturated carbocycles. The van der Waals surface area contributed by atoms with Crippen LogP contribution in [0.4, 0.5) is 11.4 Å². The smallest absolute Gasteiger partial charge is 0.0559 e. The number of fused-ring (bicyclic) bond motifs is 8. The Hall–Kier alpha value is -5.08. The lowest BCUT2D eigenvalue weighted by Gasteiger charge is -2.36. The van der Waals surface area contributed by atoms with Crippen LogP contribution in [0, 0.1) is 5.41 Å². The number of hydrogen-bond acceptors (Lipinski definition) is 2. The van der Waals surface area contributed by atoms with Gasteiger partial charge in [-0.25, -0.2) is 0 Å². The van der Waals surface area contributed by atoms with Gasteiger partial charge in [0.1, 0.15) is 0 Å². The monoisotopic (exact) mass is 710 g/mol.